The molecule has 0 amide bonds. The highest BCUT2D eigenvalue weighted by molar-refractivity contribution is 5.69. The molecule has 2 fully saturated rings. The molecule has 2 aliphatic rings. The maximum Gasteiger partial charge on any atom is 0.281 e. The summed E-state index contributed by atoms with van der Waals surface area (Å²) in [6, 6.07) is 0. The number of allylic oxidation sites excluding steroid dienone is 8. The van der Waals surface area contributed by atoms with Gasteiger partial charge in [-0.25, -0.2) is 19.9 Å². The molecule has 4 aromatic rings. The molecule has 66 heavy (non-hydrogen) atoms. The monoisotopic (exact) mass is 915 g/mol. The molecule has 0 unspecified atom stereocenters. The third-order valence-electron chi connectivity index (χ3n) is 14.4. The van der Waals surface area contributed by atoms with E-state index in [2.05, 4.69) is 99.6 Å². The van der Waals surface area contributed by atoms with Gasteiger partial charge in [-0.1, -0.05) is 74.3 Å². The standard InChI is InChI=1S/C50H74N8O8/c1-33(13-9-15-35(3)19-23-55-29-53-45-43(47(55)63)51-31-57(45)41-25-37(61)39(27-59)65-41)17-11-21-49(5,6)50(7,8)22-12-18-34(2)14-10-16-36(4)20-24-56-30-54-46-44(48(56)64)52-32-58(46)42-26-38(62)40(28-60)66-42/h13-14,19-20,29-32,37-42,59-62H,9-12,15-18,21-28H2,1-8H3/t37-,38-,39-,40-,41-,42-/m1/s1. The van der Waals surface area contributed by atoms with Crippen LogP contribution in [0.25, 0.3) is 22.3 Å². The lowest BCUT2D eigenvalue weighted by atomic mass is 9.63. The van der Waals surface area contributed by atoms with Crippen molar-refractivity contribution in [3.8, 4) is 0 Å². The Bertz CT molecular complexity index is 2340. The van der Waals surface area contributed by atoms with Crippen LogP contribution in [-0.2, 0) is 22.6 Å². The summed E-state index contributed by atoms with van der Waals surface area (Å²) >= 11 is 0. The second-order valence-corrected chi connectivity index (χ2v) is 20.0. The minimum Gasteiger partial charge on any atom is -0.394 e. The fourth-order valence-corrected chi connectivity index (χ4v) is 8.98. The first-order valence-corrected chi connectivity index (χ1v) is 23.8. The predicted molar refractivity (Wildman–Crippen MR) is 256 cm³/mol. The van der Waals surface area contributed by atoms with Gasteiger partial charge >= 0.3 is 0 Å². The molecule has 2 saturated heterocycles. The van der Waals surface area contributed by atoms with E-state index in [1.807, 2.05) is 0 Å². The molecule has 4 N–H and O–H groups in total. The van der Waals surface area contributed by atoms with Gasteiger partial charge in [-0.3, -0.25) is 27.9 Å². The van der Waals surface area contributed by atoms with Gasteiger partial charge in [0.05, 0.1) is 38.1 Å². The van der Waals surface area contributed by atoms with Crippen molar-refractivity contribution in [3.05, 3.63) is 92.6 Å². The molecule has 0 aliphatic carbocycles. The topological polar surface area (TPSA) is 205 Å². The highest BCUT2D eigenvalue weighted by atomic mass is 16.5. The van der Waals surface area contributed by atoms with E-state index < -0.39 is 36.9 Å². The third kappa shape index (κ3) is 12.3. The van der Waals surface area contributed by atoms with Gasteiger partial charge in [0.1, 0.15) is 37.3 Å². The van der Waals surface area contributed by atoms with Crippen LogP contribution >= 0.6 is 0 Å². The maximum atomic E-state index is 13.2. The van der Waals surface area contributed by atoms with Crippen LogP contribution in [0.1, 0.15) is 145 Å². The largest absolute Gasteiger partial charge is 0.394 e. The van der Waals surface area contributed by atoms with Crippen molar-refractivity contribution in [1.82, 2.24) is 38.2 Å². The molecule has 2 aliphatic heterocycles. The number of rotatable bonds is 23. The van der Waals surface area contributed by atoms with Gasteiger partial charge in [0.25, 0.3) is 11.1 Å². The van der Waals surface area contributed by atoms with E-state index in [0.29, 0.717) is 37.2 Å². The number of imidazole rings is 2. The summed E-state index contributed by atoms with van der Waals surface area (Å²) in [7, 11) is 0. The Morgan fingerprint density at radius 1 is 0.606 bits per heavy atom. The van der Waals surface area contributed by atoms with E-state index in [4.69, 9.17) is 9.47 Å². The maximum absolute atomic E-state index is 13.2. The Hall–Kier alpha value is -4.58. The molecule has 0 bridgehead atoms. The van der Waals surface area contributed by atoms with Crippen LogP contribution < -0.4 is 11.1 Å². The quantitative estimate of drug-likeness (QED) is 0.0545. The van der Waals surface area contributed by atoms with Gasteiger partial charge in [-0.15, -0.1) is 0 Å². The molecule has 16 heteroatoms. The molecular weight excluding hydrogens is 841 g/mol. The first-order chi connectivity index (χ1) is 31.4. The number of hydrogen-bond acceptors (Lipinski definition) is 12. The number of aromatic nitrogens is 8. The molecule has 6 heterocycles. The molecule has 362 valence electrons. The minimum absolute atomic E-state index is 0.204. The Kier molecular flexibility index (Phi) is 17.3. The Balaban J connectivity index is 0.872. The zero-order valence-corrected chi connectivity index (χ0v) is 40.4. The number of nitrogens with zero attached hydrogens (tertiary/aromatic N) is 8. The second-order valence-electron chi connectivity index (χ2n) is 20.0. The normalized spacial score (nSPS) is 22.7. The van der Waals surface area contributed by atoms with Crippen molar-refractivity contribution in [1.29, 1.82) is 0 Å². The highest BCUT2D eigenvalue weighted by Crippen LogP contribution is 2.46. The molecular formula is C50H74N8O8. The van der Waals surface area contributed by atoms with E-state index in [1.165, 1.54) is 60.4 Å². The van der Waals surface area contributed by atoms with Crippen LogP contribution in [0.15, 0.2) is 81.5 Å². The molecule has 0 radical (unpaired) electrons. The molecule has 6 atom stereocenters. The summed E-state index contributed by atoms with van der Waals surface area (Å²) in [6.45, 7) is 18.6. The minimum atomic E-state index is -0.788. The van der Waals surface area contributed by atoms with E-state index in [9.17, 15) is 30.0 Å². The second kappa shape index (κ2) is 22.5. The van der Waals surface area contributed by atoms with Crippen LogP contribution in [0, 0.1) is 10.8 Å². The SMILES string of the molecule is CC(=CCn1cnc2c(ncn2[C@H]2C[C@@H](O)[C@@H](CO)O2)c1=O)CCC=C(C)CCCC(C)(C)C(C)(C)CCCC(C)=CCCC(C)=CCn1cnc2c(ncn2[C@H]2C[C@@H](O)[C@@H](CO)O2)c1=O. The lowest BCUT2D eigenvalue weighted by Gasteiger charge is -2.42. The van der Waals surface area contributed by atoms with Gasteiger partial charge in [-0.05, 0) is 103 Å². The molecule has 0 spiro atoms. The molecule has 0 saturated carbocycles. The summed E-state index contributed by atoms with van der Waals surface area (Å²) in [5, 5.41) is 39.1. The van der Waals surface area contributed by atoms with Gasteiger partial charge in [0.15, 0.2) is 22.3 Å². The predicted octanol–water partition coefficient (Wildman–Crippen LogP) is 7.22. The summed E-state index contributed by atoms with van der Waals surface area (Å²) in [4.78, 5) is 44.0. The average Bonchev–Trinajstić information content (AvgIpc) is 4.08. The zero-order valence-electron chi connectivity index (χ0n) is 40.4. The summed E-state index contributed by atoms with van der Waals surface area (Å²) in [5.74, 6) is 0. The van der Waals surface area contributed by atoms with Gasteiger partial charge < -0.3 is 29.9 Å². The number of aliphatic hydroxyl groups excluding tert-OH is 4. The summed E-state index contributed by atoms with van der Waals surface area (Å²) in [5.41, 5.74) is 6.52. The summed E-state index contributed by atoms with van der Waals surface area (Å²) < 4.78 is 17.9. The van der Waals surface area contributed by atoms with Crippen molar-refractivity contribution in [3.63, 3.8) is 0 Å². The number of aliphatic hydroxyl groups is 4. The van der Waals surface area contributed by atoms with Gasteiger partial charge in [0, 0.05) is 25.9 Å². The molecule has 16 nitrogen and oxygen atoms in total. The van der Waals surface area contributed by atoms with Crippen molar-refractivity contribution < 1.29 is 29.9 Å². The lowest BCUT2D eigenvalue weighted by Crippen LogP contribution is -2.32. The van der Waals surface area contributed by atoms with Crippen molar-refractivity contribution in [2.24, 2.45) is 10.8 Å². The van der Waals surface area contributed by atoms with Crippen LogP contribution in [-0.4, -0.2) is 96.3 Å². The number of hydrogen-bond donors (Lipinski definition) is 4. The summed E-state index contributed by atoms with van der Waals surface area (Å²) in [6.07, 6.45) is 22.1. The van der Waals surface area contributed by atoms with Crippen LogP contribution in [0.3, 0.4) is 0 Å². The zero-order chi connectivity index (χ0) is 47.8. The smallest absolute Gasteiger partial charge is 0.281 e. The number of fused-ring (bicyclic) bond motifs is 2. The van der Waals surface area contributed by atoms with Crippen LogP contribution in [0.2, 0.25) is 0 Å². The molecule has 4 aromatic heterocycles. The molecule has 0 aromatic carbocycles. The Morgan fingerprint density at radius 2 is 0.985 bits per heavy atom. The van der Waals surface area contributed by atoms with E-state index >= 15 is 0 Å². The van der Waals surface area contributed by atoms with Crippen molar-refractivity contribution in [2.75, 3.05) is 13.2 Å². The van der Waals surface area contributed by atoms with Crippen LogP contribution in [0.5, 0.6) is 0 Å². The van der Waals surface area contributed by atoms with Crippen molar-refractivity contribution >= 4 is 22.3 Å². The fourth-order valence-electron chi connectivity index (χ4n) is 8.98. The first kappa shape index (κ1) is 50.8. The Morgan fingerprint density at radius 3 is 1.35 bits per heavy atom. The fraction of sp³-hybridized carbons (Fsp3) is 0.640. The van der Waals surface area contributed by atoms with E-state index in [0.717, 1.165) is 51.4 Å². The Labute approximate surface area is 388 Å². The van der Waals surface area contributed by atoms with Gasteiger partial charge in [0.2, 0.25) is 0 Å². The first-order valence-electron chi connectivity index (χ1n) is 23.8. The van der Waals surface area contributed by atoms with Crippen molar-refractivity contribution in [2.45, 2.75) is 182 Å². The third-order valence-corrected chi connectivity index (χ3v) is 14.4. The number of ether oxygens (including phenoxy) is 2. The van der Waals surface area contributed by atoms with Gasteiger partial charge in [-0.2, -0.15) is 0 Å². The average molecular weight is 915 g/mol. The van der Waals surface area contributed by atoms with E-state index in [1.54, 1.807) is 18.3 Å². The van der Waals surface area contributed by atoms with E-state index in [-0.39, 0.29) is 46.2 Å². The van der Waals surface area contributed by atoms with Crippen LogP contribution in [0.4, 0.5) is 0 Å². The highest BCUT2D eigenvalue weighted by Gasteiger charge is 2.37. The molecule has 6 rings (SSSR count). The lowest BCUT2D eigenvalue weighted by molar-refractivity contribution is -0.0432.